The Labute approximate surface area is 173 Å². The van der Waals surface area contributed by atoms with Gasteiger partial charge in [0.05, 0.1) is 23.2 Å². The molecule has 0 bridgehead atoms. The van der Waals surface area contributed by atoms with Gasteiger partial charge >= 0.3 is 5.97 Å². The summed E-state index contributed by atoms with van der Waals surface area (Å²) in [6, 6.07) is 15.5. The maximum atomic E-state index is 12.9. The van der Waals surface area contributed by atoms with Crippen molar-refractivity contribution in [2.45, 2.75) is 33.2 Å². The van der Waals surface area contributed by atoms with E-state index in [0.717, 1.165) is 21.3 Å². The molecular formula is C22H22N2O4S. The fraction of sp³-hybridized carbons (Fsp3) is 0.273. The molecule has 0 aliphatic rings. The predicted molar refractivity (Wildman–Crippen MR) is 113 cm³/mol. The minimum absolute atomic E-state index is 0.0262. The van der Waals surface area contributed by atoms with Gasteiger partial charge < -0.3 is 9.53 Å². The maximum Gasteiger partial charge on any atom is 0.306 e. The van der Waals surface area contributed by atoms with Gasteiger partial charge in [-0.25, -0.2) is 4.98 Å². The summed E-state index contributed by atoms with van der Waals surface area (Å²) in [7, 11) is 0. The topological polar surface area (TPSA) is 76.6 Å². The number of hydrogen-bond donors (Lipinski definition) is 0. The fourth-order valence-electron chi connectivity index (χ4n) is 2.79. The van der Waals surface area contributed by atoms with Crippen molar-refractivity contribution in [2.24, 2.45) is 0 Å². The lowest BCUT2D eigenvalue weighted by Gasteiger charge is -2.20. The van der Waals surface area contributed by atoms with E-state index in [2.05, 4.69) is 4.98 Å². The van der Waals surface area contributed by atoms with Crippen LogP contribution >= 0.6 is 11.3 Å². The number of rotatable bonds is 8. The van der Waals surface area contributed by atoms with Gasteiger partial charge in [-0.05, 0) is 31.0 Å². The molecule has 0 atom stereocenters. The number of fused-ring (bicyclic) bond motifs is 1. The first-order valence-electron chi connectivity index (χ1n) is 9.29. The molecule has 1 amide bonds. The summed E-state index contributed by atoms with van der Waals surface area (Å²) < 4.78 is 6.08. The highest BCUT2D eigenvalue weighted by atomic mass is 32.1. The fourth-order valence-corrected chi connectivity index (χ4v) is 3.85. The first-order chi connectivity index (χ1) is 13.9. The van der Waals surface area contributed by atoms with Gasteiger partial charge in [0.2, 0.25) is 0 Å². The highest BCUT2D eigenvalue weighted by Gasteiger charge is 2.22. The van der Waals surface area contributed by atoms with Gasteiger partial charge in [0.1, 0.15) is 5.78 Å². The molecule has 0 radical (unpaired) electrons. The number of aryl methyl sites for hydroxylation is 1. The van der Waals surface area contributed by atoms with E-state index in [4.69, 9.17) is 4.74 Å². The molecule has 3 rings (SSSR count). The van der Waals surface area contributed by atoms with E-state index < -0.39 is 12.6 Å². The van der Waals surface area contributed by atoms with Crippen LogP contribution < -0.4 is 4.90 Å². The number of ketones is 1. The third-order valence-corrected chi connectivity index (χ3v) is 5.41. The summed E-state index contributed by atoms with van der Waals surface area (Å²) in [5, 5.41) is 0.558. The molecule has 0 fully saturated rings. The number of Topliss-reactive ketones (excluding diaryl/α,β-unsaturated/α-hetero) is 1. The second-order valence-corrected chi connectivity index (χ2v) is 7.76. The lowest BCUT2D eigenvalue weighted by Crippen LogP contribution is -2.34. The Morgan fingerprint density at radius 1 is 1.03 bits per heavy atom. The van der Waals surface area contributed by atoms with E-state index in [-0.39, 0.29) is 24.5 Å². The van der Waals surface area contributed by atoms with Gasteiger partial charge in [-0.1, -0.05) is 53.8 Å². The van der Waals surface area contributed by atoms with Gasteiger partial charge in [0, 0.05) is 6.42 Å². The summed E-state index contributed by atoms with van der Waals surface area (Å²) >= 11 is 1.42. The molecule has 0 unspecified atom stereocenters. The van der Waals surface area contributed by atoms with Gasteiger partial charge in [-0.2, -0.15) is 0 Å². The quantitative estimate of drug-likeness (QED) is 0.524. The number of esters is 1. The number of anilines is 1. The van der Waals surface area contributed by atoms with Crippen molar-refractivity contribution in [3.63, 3.8) is 0 Å². The van der Waals surface area contributed by atoms with Crippen molar-refractivity contribution in [3.05, 3.63) is 59.7 Å². The van der Waals surface area contributed by atoms with Crippen LogP contribution in [-0.4, -0.2) is 29.3 Å². The molecule has 2 aromatic carbocycles. The number of benzene rings is 2. The van der Waals surface area contributed by atoms with Crippen LogP contribution in [0.5, 0.6) is 0 Å². The maximum absolute atomic E-state index is 12.9. The van der Waals surface area contributed by atoms with Crippen molar-refractivity contribution < 1.29 is 19.1 Å². The normalized spacial score (nSPS) is 10.7. The van der Waals surface area contributed by atoms with Crippen LogP contribution in [0, 0.1) is 6.92 Å². The molecule has 0 saturated heterocycles. The average molecular weight is 410 g/mol. The third kappa shape index (κ3) is 5.48. The largest absolute Gasteiger partial charge is 0.456 e. The molecular weight excluding hydrogens is 388 g/mol. The average Bonchev–Trinajstić information content (AvgIpc) is 3.15. The van der Waals surface area contributed by atoms with Crippen LogP contribution in [0.3, 0.4) is 0 Å². The first kappa shape index (κ1) is 20.7. The van der Waals surface area contributed by atoms with Crippen LogP contribution in [0.2, 0.25) is 0 Å². The van der Waals surface area contributed by atoms with Gasteiger partial charge in [-0.15, -0.1) is 0 Å². The Morgan fingerprint density at radius 2 is 1.79 bits per heavy atom. The Bertz CT molecular complexity index is 1030. The zero-order valence-electron chi connectivity index (χ0n) is 16.4. The number of hydrogen-bond acceptors (Lipinski definition) is 6. The molecule has 0 N–H and O–H groups in total. The lowest BCUT2D eigenvalue weighted by atomic mass is 10.2. The molecule has 3 aromatic rings. The van der Waals surface area contributed by atoms with Crippen molar-refractivity contribution in [1.82, 2.24) is 4.98 Å². The van der Waals surface area contributed by atoms with E-state index in [9.17, 15) is 14.4 Å². The zero-order valence-corrected chi connectivity index (χ0v) is 17.2. The molecule has 6 nitrogen and oxygen atoms in total. The Balaban J connectivity index is 1.80. The molecule has 0 aliphatic heterocycles. The van der Waals surface area contributed by atoms with E-state index in [0.29, 0.717) is 11.7 Å². The van der Waals surface area contributed by atoms with Crippen molar-refractivity contribution in [2.75, 3.05) is 11.5 Å². The molecule has 7 heteroatoms. The summed E-state index contributed by atoms with van der Waals surface area (Å²) in [5.74, 6) is -1.01. The highest BCUT2D eigenvalue weighted by molar-refractivity contribution is 7.22. The molecule has 29 heavy (non-hydrogen) atoms. The number of ether oxygens (including phenoxy) is 1. The van der Waals surface area contributed by atoms with Crippen molar-refractivity contribution in [3.8, 4) is 0 Å². The number of para-hydroxylation sites is 1. The van der Waals surface area contributed by atoms with Crippen molar-refractivity contribution >= 4 is 44.3 Å². The number of amides is 1. The second-order valence-electron chi connectivity index (χ2n) is 6.75. The van der Waals surface area contributed by atoms with Crippen LogP contribution in [0.4, 0.5) is 5.13 Å². The second kappa shape index (κ2) is 9.43. The first-order valence-corrected chi connectivity index (χ1v) is 10.1. The Morgan fingerprint density at radius 3 is 2.48 bits per heavy atom. The Kier molecular flexibility index (Phi) is 6.72. The number of nitrogens with zero attached hydrogens (tertiary/aromatic N) is 2. The van der Waals surface area contributed by atoms with E-state index in [1.165, 1.54) is 23.2 Å². The van der Waals surface area contributed by atoms with E-state index in [1.807, 2.05) is 55.5 Å². The zero-order chi connectivity index (χ0) is 20.8. The molecule has 1 heterocycles. The molecule has 1 aromatic heterocycles. The van der Waals surface area contributed by atoms with Gasteiger partial charge in [0.25, 0.3) is 5.91 Å². The van der Waals surface area contributed by atoms with Crippen LogP contribution in [0.25, 0.3) is 10.2 Å². The SMILES string of the molecule is CC(=O)CCC(=O)OCC(=O)N(Cc1ccccc1)c1nc2c(C)cccc2s1. The van der Waals surface area contributed by atoms with Crippen molar-refractivity contribution in [1.29, 1.82) is 0 Å². The predicted octanol–water partition coefficient (Wildman–Crippen LogP) is 4.05. The number of thiazole rings is 1. The van der Waals surface area contributed by atoms with Crippen LogP contribution in [0.15, 0.2) is 48.5 Å². The summed E-state index contributed by atoms with van der Waals surface area (Å²) in [6.07, 6.45) is 0.0829. The Hall–Kier alpha value is -3.06. The standard InChI is InChI=1S/C22H22N2O4S/c1-15-7-6-10-18-21(15)23-22(29-18)24(13-17-8-4-3-5-9-17)19(26)14-28-20(27)12-11-16(2)25/h3-10H,11-14H2,1-2H3. The number of aromatic nitrogens is 1. The van der Waals surface area contributed by atoms with E-state index in [1.54, 1.807) is 0 Å². The summed E-state index contributed by atoms with van der Waals surface area (Å²) in [4.78, 5) is 41.9. The van der Waals surface area contributed by atoms with Crippen LogP contribution in [0.1, 0.15) is 30.9 Å². The number of carbonyl (C=O) groups excluding carboxylic acids is 3. The lowest BCUT2D eigenvalue weighted by molar-refractivity contribution is -0.148. The minimum Gasteiger partial charge on any atom is -0.456 e. The monoisotopic (exact) mass is 410 g/mol. The number of carbonyl (C=O) groups is 3. The van der Waals surface area contributed by atoms with E-state index >= 15 is 0 Å². The third-order valence-electron chi connectivity index (χ3n) is 4.36. The minimum atomic E-state index is -0.562. The molecule has 0 saturated carbocycles. The molecule has 0 aliphatic carbocycles. The van der Waals surface area contributed by atoms with Gasteiger partial charge in [-0.3, -0.25) is 14.5 Å². The highest BCUT2D eigenvalue weighted by Crippen LogP contribution is 2.31. The smallest absolute Gasteiger partial charge is 0.306 e. The molecule has 0 spiro atoms. The summed E-state index contributed by atoms with van der Waals surface area (Å²) in [6.45, 7) is 3.32. The molecule has 150 valence electrons. The van der Waals surface area contributed by atoms with Gasteiger partial charge in [0.15, 0.2) is 11.7 Å². The summed E-state index contributed by atoms with van der Waals surface area (Å²) in [5.41, 5.74) is 2.84. The van der Waals surface area contributed by atoms with Crippen LogP contribution in [-0.2, 0) is 25.7 Å².